The third kappa shape index (κ3) is 3.93. The number of hydrogen-bond acceptors (Lipinski definition) is 5. The van der Waals surface area contributed by atoms with E-state index in [0.717, 1.165) is 47.2 Å². The zero-order chi connectivity index (χ0) is 25.8. The molecule has 2 aromatic carbocycles. The third-order valence-corrected chi connectivity index (χ3v) is 8.64. The Morgan fingerprint density at radius 1 is 1.19 bits per heavy atom. The van der Waals surface area contributed by atoms with E-state index in [1.54, 1.807) is 0 Å². The summed E-state index contributed by atoms with van der Waals surface area (Å²) in [6, 6.07) is 9.34. The van der Waals surface area contributed by atoms with Gasteiger partial charge >= 0.3 is 6.09 Å². The molecule has 37 heavy (non-hydrogen) atoms. The number of imidazole rings is 1. The van der Waals surface area contributed by atoms with Gasteiger partial charge in [-0.05, 0) is 90.3 Å². The maximum Gasteiger partial charge on any atom is 0.407 e. The fraction of sp³-hybridized carbons (Fsp3) is 0.483. The van der Waals surface area contributed by atoms with Crippen molar-refractivity contribution in [2.75, 3.05) is 13.7 Å². The van der Waals surface area contributed by atoms with E-state index in [1.165, 1.54) is 31.1 Å². The van der Waals surface area contributed by atoms with Crippen molar-refractivity contribution in [3.05, 3.63) is 47.3 Å². The van der Waals surface area contributed by atoms with Crippen molar-refractivity contribution in [3.63, 3.8) is 0 Å². The molecular weight excluding hydrogens is 468 g/mol. The molecule has 0 radical (unpaired) electrons. The second-order valence-electron chi connectivity index (χ2n) is 11.1. The maximum absolute atomic E-state index is 13.5. The minimum Gasteiger partial charge on any atom is -0.508 e. The summed E-state index contributed by atoms with van der Waals surface area (Å²) in [6.45, 7) is 4.45. The van der Waals surface area contributed by atoms with Crippen LogP contribution in [0.1, 0.15) is 68.4 Å². The number of ether oxygens (including phenoxy) is 1. The lowest BCUT2D eigenvalue weighted by Crippen LogP contribution is -2.51. The van der Waals surface area contributed by atoms with Crippen LogP contribution in [0.25, 0.3) is 22.2 Å². The Morgan fingerprint density at radius 2 is 2.03 bits per heavy atom. The van der Waals surface area contributed by atoms with Gasteiger partial charge < -0.3 is 25.0 Å². The zero-order valence-corrected chi connectivity index (χ0v) is 21.6. The van der Waals surface area contributed by atoms with Crippen LogP contribution in [0.5, 0.6) is 5.75 Å². The quantitative estimate of drug-likeness (QED) is 0.454. The predicted molar refractivity (Wildman–Crippen MR) is 140 cm³/mol. The van der Waals surface area contributed by atoms with E-state index in [-0.39, 0.29) is 17.9 Å². The molecule has 6 rings (SSSR count). The molecule has 2 amide bonds. The number of carbonyl (C=O) groups is 2. The summed E-state index contributed by atoms with van der Waals surface area (Å²) in [4.78, 5) is 35.5. The number of rotatable bonds is 5. The number of methoxy groups -OCH3 is 1. The van der Waals surface area contributed by atoms with Crippen LogP contribution in [0.3, 0.4) is 0 Å². The first kappa shape index (κ1) is 23.8. The van der Waals surface area contributed by atoms with Gasteiger partial charge in [-0.1, -0.05) is 26.0 Å². The van der Waals surface area contributed by atoms with Gasteiger partial charge in [-0.15, -0.1) is 0 Å². The molecule has 2 heterocycles. The van der Waals surface area contributed by atoms with E-state index >= 15 is 0 Å². The van der Waals surface area contributed by atoms with Crippen LogP contribution in [0.15, 0.2) is 30.3 Å². The Balaban J connectivity index is 1.30. The summed E-state index contributed by atoms with van der Waals surface area (Å²) in [5, 5.41) is 13.2. The number of carbonyl (C=O) groups excluding carboxylic acids is 2. The number of H-pyrrole nitrogens is 1. The number of amides is 2. The molecular formula is C29H34N4O4. The number of likely N-dealkylation sites (tertiary alicyclic amines) is 1. The largest absolute Gasteiger partial charge is 0.508 e. The molecule has 2 aliphatic carbocycles. The van der Waals surface area contributed by atoms with Crippen molar-refractivity contribution in [2.45, 2.75) is 64.0 Å². The van der Waals surface area contributed by atoms with E-state index in [4.69, 9.17) is 9.72 Å². The Morgan fingerprint density at radius 3 is 2.76 bits per heavy atom. The Hall–Kier alpha value is -3.55. The molecule has 1 saturated carbocycles. The molecule has 0 bridgehead atoms. The molecule has 4 atom stereocenters. The van der Waals surface area contributed by atoms with Crippen molar-refractivity contribution < 1.29 is 19.4 Å². The van der Waals surface area contributed by atoms with Crippen LogP contribution in [0.4, 0.5) is 4.79 Å². The van der Waals surface area contributed by atoms with Gasteiger partial charge in [0.1, 0.15) is 17.6 Å². The van der Waals surface area contributed by atoms with Crippen molar-refractivity contribution in [1.29, 1.82) is 0 Å². The molecule has 0 spiro atoms. The topological polar surface area (TPSA) is 108 Å². The van der Waals surface area contributed by atoms with Gasteiger partial charge in [-0.25, -0.2) is 9.78 Å². The number of benzene rings is 2. The zero-order valence-electron chi connectivity index (χ0n) is 21.6. The maximum atomic E-state index is 13.5. The molecule has 3 N–H and O–H groups in total. The second-order valence-corrected chi connectivity index (χ2v) is 11.1. The van der Waals surface area contributed by atoms with Crippen LogP contribution in [-0.2, 0) is 16.0 Å². The summed E-state index contributed by atoms with van der Waals surface area (Å²) in [6.07, 6.45) is 4.50. The molecule has 2 unspecified atom stereocenters. The Labute approximate surface area is 216 Å². The van der Waals surface area contributed by atoms with Crippen molar-refractivity contribution in [2.24, 2.45) is 11.8 Å². The standard InChI is InChI=1S/C29H34N4O4/c1-15(2)26(32-29(36)37-3)28(35)33-12-4-5-23(33)27-30-21-10-7-17(14-22(21)31-27)19-9-11-24(34)20-13-16-6-8-18(16)25(19)20/h7,9-11,14-16,18,23,26,34H,4-6,8,12-13H2,1-3H3,(H,30,31)(H,32,36)/t16?,18?,23-,26-/m0/s1. The number of nitrogens with one attached hydrogen (secondary N) is 2. The summed E-state index contributed by atoms with van der Waals surface area (Å²) in [5.74, 6) is 2.22. The van der Waals surface area contributed by atoms with Gasteiger partial charge in [-0.3, -0.25) is 4.79 Å². The summed E-state index contributed by atoms with van der Waals surface area (Å²) in [5.41, 5.74) is 6.56. The van der Waals surface area contributed by atoms with E-state index < -0.39 is 12.1 Å². The normalized spacial score (nSPS) is 23.0. The van der Waals surface area contributed by atoms with E-state index in [0.29, 0.717) is 24.1 Å². The molecule has 3 aliphatic rings. The molecule has 8 heteroatoms. The first-order chi connectivity index (χ1) is 17.9. The minimum atomic E-state index is -0.657. The lowest BCUT2D eigenvalue weighted by Gasteiger charge is -2.31. The molecule has 3 aromatic rings. The Bertz CT molecular complexity index is 1380. The van der Waals surface area contributed by atoms with Gasteiger partial charge in [0.25, 0.3) is 0 Å². The fourth-order valence-electron chi connectivity index (χ4n) is 6.55. The highest BCUT2D eigenvalue weighted by Crippen LogP contribution is 2.56. The lowest BCUT2D eigenvalue weighted by molar-refractivity contribution is -0.135. The predicted octanol–water partition coefficient (Wildman–Crippen LogP) is 5.03. The number of phenolic OH excluding ortho intramolecular Hbond substituents is 1. The molecule has 8 nitrogen and oxygen atoms in total. The highest BCUT2D eigenvalue weighted by atomic mass is 16.5. The van der Waals surface area contributed by atoms with Gasteiger partial charge in [-0.2, -0.15) is 0 Å². The average Bonchev–Trinajstić information content (AvgIpc) is 3.57. The first-order valence-corrected chi connectivity index (χ1v) is 13.4. The second kappa shape index (κ2) is 9.08. The summed E-state index contributed by atoms with van der Waals surface area (Å²) >= 11 is 0. The third-order valence-electron chi connectivity index (χ3n) is 8.64. The summed E-state index contributed by atoms with van der Waals surface area (Å²) < 4.78 is 4.74. The smallest absolute Gasteiger partial charge is 0.407 e. The van der Waals surface area contributed by atoms with Crippen LogP contribution in [0.2, 0.25) is 0 Å². The van der Waals surface area contributed by atoms with Crippen molar-refractivity contribution in [1.82, 2.24) is 20.2 Å². The number of hydrogen-bond donors (Lipinski definition) is 3. The minimum absolute atomic E-state index is 0.0756. The number of aromatic nitrogens is 2. The van der Waals surface area contributed by atoms with Crippen LogP contribution >= 0.6 is 0 Å². The van der Waals surface area contributed by atoms with Gasteiger partial charge in [0.15, 0.2) is 0 Å². The summed E-state index contributed by atoms with van der Waals surface area (Å²) in [7, 11) is 1.30. The van der Waals surface area contributed by atoms with Crippen molar-refractivity contribution in [3.8, 4) is 16.9 Å². The first-order valence-electron chi connectivity index (χ1n) is 13.4. The molecule has 194 valence electrons. The Kier molecular flexibility index (Phi) is 5.85. The fourth-order valence-corrected chi connectivity index (χ4v) is 6.55. The van der Waals surface area contributed by atoms with Crippen LogP contribution in [-0.4, -0.2) is 51.7 Å². The highest BCUT2D eigenvalue weighted by molar-refractivity contribution is 5.87. The number of alkyl carbamates (subject to hydrolysis) is 1. The number of phenols is 1. The van der Waals surface area contributed by atoms with Crippen LogP contribution in [0, 0.1) is 11.8 Å². The van der Waals surface area contributed by atoms with Crippen molar-refractivity contribution >= 4 is 23.0 Å². The van der Waals surface area contributed by atoms with Crippen LogP contribution < -0.4 is 5.32 Å². The SMILES string of the molecule is COC(=O)N[C@H](C(=O)N1CCC[C@H]1c1nc2ccc(-c3ccc(O)c4c3C3CCC3C4)cc2[nH]1)C(C)C. The van der Waals surface area contributed by atoms with E-state index in [1.807, 2.05) is 36.9 Å². The average molecular weight is 503 g/mol. The monoisotopic (exact) mass is 502 g/mol. The molecule has 1 aliphatic heterocycles. The number of nitrogens with zero attached hydrogens (tertiary/aromatic N) is 2. The number of aromatic amines is 1. The number of aromatic hydroxyl groups is 1. The molecule has 1 saturated heterocycles. The van der Waals surface area contributed by atoms with Gasteiger partial charge in [0.2, 0.25) is 5.91 Å². The molecule has 1 aromatic heterocycles. The molecule has 2 fully saturated rings. The van der Waals surface area contributed by atoms with Gasteiger partial charge in [0, 0.05) is 6.54 Å². The van der Waals surface area contributed by atoms with Gasteiger partial charge in [0.05, 0.1) is 24.2 Å². The van der Waals surface area contributed by atoms with E-state index in [2.05, 4.69) is 22.4 Å². The lowest BCUT2D eigenvalue weighted by atomic mass is 9.73. The van der Waals surface area contributed by atoms with E-state index in [9.17, 15) is 14.7 Å². The number of fused-ring (bicyclic) bond motifs is 4. The highest BCUT2D eigenvalue weighted by Gasteiger charge is 2.42.